The number of hydrogen-bond donors (Lipinski definition) is 1. The molecule has 0 aliphatic rings. The molecule has 0 unspecified atom stereocenters. The lowest BCUT2D eigenvalue weighted by atomic mass is 10.4. The zero-order valence-corrected chi connectivity index (χ0v) is 7.49. The molecule has 2 heterocycles. The number of carbonyl (C=O) groups is 1. The lowest BCUT2D eigenvalue weighted by molar-refractivity contribution is 0.0994. The molecule has 0 saturated carbocycles. The molecule has 13 heavy (non-hydrogen) atoms. The van der Waals surface area contributed by atoms with Crippen molar-refractivity contribution in [3.8, 4) is 5.13 Å². The summed E-state index contributed by atoms with van der Waals surface area (Å²) in [6, 6.07) is 3.44. The molecule has 0 aliphatic heterocycles. The van der Waals surface area contributed by atoms with E-state index in [0.29, 0.717) is 5.69 Å². The molecule has 0 aliphatic carbocycles. The van der Waals surface area contributed by atoms with Crippen LogP contribution in [0.15, 0.2) is 29.9 Å². The number of nitrogens with zero attached hydrogens (tertiary/aromatic N) is 2. The van der Waals surface area contributed by atoms with Crippen molar-refractivity contribution in [2.75, 3.05) is 0 Å². The molecule has 4 nitrogen and oxygen atoms in total. The van der Waals surface area contributed by atoms with Crippen molar-refractivity contribution in [3.05, 3.63) is 35.6 Å². The summed E-state index contributed by atoms with van der Waals surface area (Å²) in [5.74, 6) is -0.444. The molecule has 2 rings (SSSR count). The lowest BCUT2D eigenvalue weighted by Crippen LogP contribution is -2.15. The number of carbonyl (C=O) groups excluding carboxylic acids is 1. The summed E-state index contributed by atoms with van der Waals surface area (Å²) < 4.78 is 1.67. The molecule has 0 radical (unpaired) electrons. The Labute approximate surface area is 78.6 Å². The Morgan fingerprint density at radius 3 is 3.08 bits per heavy atom. The van der Waals surface area contributed by atoms with E-state index in [2.05, 4.69) is 4.98 Å². The quantitative estimate of drug-likeness (QED) is 0.774. The second-order valence-corrected chi connectivity index (χ2v) is 3.32. The van der Waals surface area contributed by atoms with Gasteiger partial charge in [0.2, 0.25) is 0 Å². The third-order valence-corrected chi connectivity index (χ3v) is 2.40. The first kappa shape index (κ1) is 8.00. The SMILES string of the molecule is NC(=O)c1cccn1-c1nccs1. The Kier molecular flexibility index (Phi) is 1.86. The summed E-state index contributed by atoms with van der Waals surface area (Å²) in [6.07, 6.45) is 3.45. The number of hydrogen-bond acceptors (Lipinski definition) is 3. The van der Waals surface area contributed by atoms with Gasteiger partial charge >= 0.3 is 0 Å². The minimum atomic E-state index is -0.444. The highest BCUT2D eigenvalue weighted by Gasteiger charge is 2.08. The van der Waals surface area contributed by atoms with E-state index >= 15 is 0 Å². The Balaban J connectivity index is 2.52. The van der Waals surface area contributed by atoms with Gasteiger partial charge in [0.1, 0.15) is 5.69 Å². The molecule has 1 amide bonds. The molecule has 0 spiro atoms. The van der Waals surface area contributed by atoms with E-state index in [4.69, 9.17) is 5.73 Å². The Morgan fingerprint density at radius 1 is 1.62 bits per heavy atom. The van der Waals surface area contributed by atoms with Crippen LogP contribution in [0.5, 0.6) is 0 Å². The van der Waals surface area contributed by atoms with Crippen molar-refractivity contribution >= 4 is 17.2 Å². The predicted molar refractivity (Wildman–Crippen MR) is 50.0 cm³/mol. The van der Waals surface area contributed by atoms with Crippen molar-refractivity contribution in [1.29, 1.82) is 0 Å². The minimum Gasteiger partial charge on any atom is -0.364 e. The Bertz CT molecular complexity index is 418. The molecule has 2 aromatic heterocycles. The first-order chi connectivity index (χ1) is 6.29. The monoisotopic (exact) mass is 193 g/mol. The predicted octanol–water partition coefficient (Wildman–Crippen LogP) is 1.03. The van der Waals surface area contributed by atoms with Crippen LogP contribution in [0.1, 0.15) is 10.5 Å². The van der Waals surface area contributed by atoms with E-state index in [1.54, 1.807) is 29.1 Å². The van der Waals surface area contributed by atoms with Gasteiger partial charge in [-0.15, -0.1) is 11.3 Å². The molecular formula is C8H7N3OS. The first-order valence-electron chi connectivity index (χ1n) is 3.66. The fourth-order valence-electron chi connectivity index (χ4n) is 1.08. The molecule has 0 bridgehead atoms. The van der Waals surface area contributed by atoms with E-state index in [-0.39, 0.29) is 0 Å². The number of rotatable bonds is 2. The molecule has 2 N–H and O–H groups in total. The fraction of sp³-hybridized carbons (Fsp3) is 0. The number of primary amides is 1. The lowest BCUT2D eigenvalue weighted by Gasteiger charge is -2.00. The van der Waals surface area contributed by atoms with E-state index in [1.165, 1.54) is 11.3 Å². The van der Waals surface area contributed by atoms with Crippen molar-refractivity contribution in [1.82, 2.24) is 9.55 Å². The molecule has 0 atom stereocenters. The average Bonchev–Trinajstić information content (AvgIpc) is 2.74. The highest BCUT2D eigenvalue weighted by Crippen LogP contribution is 2.14. The zero-order valence-electron chi connectivity index (χ0n) is 6.68. The summed E-state index contributed by atoms with van der Waals surface area (Å²) in [5, 5.41) is 2.60. The van der Waals surface area contributed by atoms with Crippen molar-refractivity contribution < 1.29 is 4.79 Å². The van der Waals surface area contributed by atoms with Crippen LogP contribution in [0.4, 0.5) is 0 Å². The summed E-state index contributed by atoms with van der Waals surface area (Å²) in [4.78, 5) is 15.0. The van der Waals surface area contributed by atoms with E-state index < -0.39 is 5.91 Å². The van der Waals surface area contributed by atoms with Crippen LogP contribution in [0, 0.1) is 0 Å². The topological polar surface area (TPSA) is 60.9 Å². The van der Waals surface area contributed by atoms with E-state index in [0.717, 1.165) is 5.13 Å². The molecule has 5 heteroatoms. The van der Waals surface area contributed by atoms with Crippen LogP contribution in [0.3, 0.4) is 0 Å². The van der Waals surface area contributed by atoms with Crippen LogP contribution < -0.4 is 5.73 Å². The standard InChI is InChI=1S/C8H7N3OS/c9-7(12)6-2-1-4-11(6)8-10-3-5-13-8/h1-5H,(H2,9,12). The maximum atomic E-state index is 11.0. The van der Waals surface area contributed by atoms with E-state index in [9.17, 15) is 4.79 Å². The van der Waals surface area contributed by atoms with Gasteiger partial charge < -0.3 is 5.73 Å². The number of nitrogens with two attached hydrogens (primary N) is 1. The van der Waals surface area contributed by atoms with Gasteiger partial charge in [0, 0.05) is 17.8 Å². The summed E-state index contributed by atoms with van der Waals surface area (Å²) >= 11 is 1.46. The van der Waals surface area contributed by atoms with Gasteiger partial charge in [0.15, 0.2) is 5.13 Å². The Hall–Kier alpha value is -1.62. The van der Waals surface area contributed by atoms with Crippen molar-refractivity contribution in [2.24, 2.45) is 5.73 Å². The van der Waals surface area contributed by atoms with Crippen LogP contribution in [-0.2, 0) is 0 Å². The van der Waals surface area contributed by atoms with Gasteiger partial charge in [0.05, 0.1) is 0 Å². The third kappa shape index (κ3) is 1.33. The average molecular weight is 193 g/mol. The smallest absolute Gasteiger partial charge is 0.265 e. The fourth-order valence-corrected chi connectivity index (χ4v) is 1.72. The Morgan fingerprint density at radius 2 is 2.46 bits per heavy atom. The number of amides is 1. The van der Waals surface area contributed by atoms with Crippen molar-refractivity contribution in [2.45, 2.75) is 0 Å². The molecule has 0 saturated heterocycles. The van der Waals surface area contributed by atoms with Crippen LogP contribution >= 0.6 is 11.3 Å². The third-order valence-electron chi connectivity index (χ3n) is 1.63. The van der Waals surface area contributed by atoms with Crippen LogP contribution in [-0.4, -0.2) is 15.5 Å². The first-order valence-corrected chi connectivity index (χ1v) is 4.54. The number of thiazole rings is 1. The second kappa shape index (κ2) is 3.02. The van der Waals surface area contributed by atoms with E-state index in [1.807, 2.05) is 5.38 Å². The molecule has 0 aromatic carbocycles. The van der Waals surface area contributed by atoms with Gasteiger partial charge in [-0.05, 0) is 12.1 Å². The van der Waals surface area contributed by atoms with Gasteiger partial charge in [0.25, 0.3) is 5.91 Å². The summed E-state index contributed by atoms with van der Waals surface area (Å²) in [6.45, 7) is 0. The zero-order chi connectivity index (χ0) is 9.26. The number of aromatic nitrogens is 2. The summed E-state index contributed by atoms with van der Waals surface area (Å²) in [7, 11) is 0. The van der Waals surface area contributed by atoms with Crippen LogP contribution in [0.2, 0.25) is 0 Å². The molecular weight excluding hydrogens is 186 g/mol. The minimum absolute atomic E-state index is 0.444. The molecule has 66 valence electrons. The highest BCUT2D eigenvalue weighted by molar-refractivity contribution is 7.12. The van der Waals surface area contributed by atoms with Gasteiger partial charge in [-0.25, -0.2) is 4.98 Å². The van der Waals surface area contributed by atoms with Crippen LogP contribution in [0.25, 0.3) is 5.13 Å². The largest absolute Gasteiger partial charge is 0.364 e. The van der Waals surface area contributed by atoms with Gasteiger partial charge in [-0.2, -0.15) is 0 Å². The maximum absolute atomic E-state index is 11.0. The maximum Gasteiger partial charge on any atom is 0.265 e. The van der Waals surface area contributed by atoms with Gasteiger partial charge in [-0.3, -0.25) is 9.36 Å². The van der Waals surface area contributed by atoms with Gasteiger partial charge in [-0.1, -0.05) is 0 Å². The molecule has 0 fully saturated rings. The normalized spacial score (nSPS) is 10.2. The summed E-state index contributed by atoms with van der Waals surface area (Å²) in [5.41, 5.74) is 5.64. The second-order valence-electron chi connectivity index (χ2n) is 2.44. The molecule has 2 aromatic rings. The highest BCUT2D eigenvalue weighted by atomic mass is 32.1. The van der Waals surface area contributed by atoms with Crippen molar-refractivity contribution in [3.63, 3.8) is 0 Å².